The van der Waals surface area contributed by atoms with Crippen molar-refractivity contribution in [3.05, 3.63) is 0 Å². The summed E-state index contributed by atoms with van der Waals surface area (Å²) in [5, 5.41) is 10.7. The minimum Gasteiger partial charge on any atom is -0.462 e. The van der Waals surface area contributed by atoms with Crippen LogP contribution < -0.4 is 0 Å². The molecule has 0 heterocycles. The van der Waals surface area contributed by atoms with Crippen LogP contribution in [-0.4, -0.2) is 96.7 Å². The molecule has 0 aromatic carbocycles. The number of unbranched alkanes of at least 4 members (excludes halogenated alkanes) is 57. The molecule has 642 valence electrons. The Kier molecular flexibility index (Phi) is 78.8. The van der Waals surface area contributed by atoms with Crippen molar-refractivity contribution in [2.75, 3.05) is 39.6 Å². The van der Waals surface area contributed by atoms with Gasteiger partial charge in [0.25, 0.3) is 0 Å². The average Bonchev–Trinajstić information content (AvgIpc) is 0.903. The molecule has 0 saturated heterocycles. The number of aliphatic hydroxyl groups is 1. The second-order valence-corrected chi connectivity index (χ2v) is 35.6. The molecule has 108 heavy (non-hydrogen) atoms. The molecule has 19 heteroatoms. The Hall–Kier alpha value is -1.94. The van der Waals surface area contributed by atoms with Crippen LogP contribution in [0.15, 0.2) is 0 Å². The van der Waals surface area contributed by atoms with Crippen LogP contribution in [0.4, 0.5) is 0 Å². The number of ether oxygens (including phenoxy) is 4. The number of carbonyl (C=O) groups is 4. The first-order valence-electron chi connectivity index (χ1n) is 46.0. The number of esters is 4. The highest BCUT2D eigenvalue weighted by molar-refractivity contribution is 7.47. The molecule has 3 N–H and O–H groups in total. The summed E-state index contributed by atoms with van der Waals surface area (Å²) in [4.78, 5) is 73.3. The lowest BCUT2D eigenvalue weighted by molar-refractivity contribution is -0.161. The van der Waals surface area contributed by atoms with Gasteiger partial charge in [-0.15, -0.1) is 0 Å². The van der Waals surface area contributed by atoms with E-state index in [0.29, 0.717) is 31.6 Å². The summed E-state index contributed by atoms with van der Waals surface area (Å²) in [6.45, 7) is 9.70. The molecule has 0 aliphatic heterocycles. The Balaban J connectivity index is 5.22. The molecule has 0 spiro atoms. The third-order valence-electron chi connectivity index (χ3n) is 21.3. The van der Waals surface area contributed by atoms with Gasteiger partial charge >= 0.3 is 39.5 Å². The fraction of sp³-hybridized carbons (Fsp3) is 0.955. The summed E-state index contributed by atoms with van der Waals surface area (Å²) in [5.74, 6) is -0.524. The van der Waals surface area contributed by atoms with Crippen molar-refractivity contribution in [1.82, 2.24) is 0 Å². The molecule has 0 aliphatic carbocycles. The maximum absolute atomic E-state index is 13.2. The molecule has 0 aromatic rings. The molecule has 17 nitrogen and oxygen atoms in total. The van der Waals surface area contributed by atoms with E-state index in [1.54, 1.807) is 0 Å². The van der Waals surface area contributed by atoms with Gasteiger partial charge in [-0.3, -0.25) is 37.3 Å². The molecule has 0 amide bonds. The van der Waals surface area contributed by atoms with Crippen LogP contribution in [-0.2, 0) is 65.4 Å². The van der Waals surface area contributed by atoms with Crippen molar-refractivity contribution in [2.24, 2.45) is 11.8 Å². The first kappa shape index (κ1) is 106. The van der Waals surface area contributed by atoms with Gasteiger partial charge in [0.1, 0.15) is 19.3 Å². The van der Waals surface area contributed by atoms with Gasteiger partial charge in [0.2, 0.25) is 0 Å². The van der Waals surface area contributed by atoms with Gasteiger partial charge in [0, 0.05) is 25.7 Å². The Morgan fingerprint density at radius 2 is 0.472 bits per heavy atom. The lowest BCUT2D eigenvalue weighted by Gasteiger charge is -2.21. The number of aliphatic hydroxyl groups excluding tert-OH is 1. The molecule has 0 bridgehead atoms. The van der Waals surface area contributed by atoms with Crippen molar-refractivity contribution in [2.45, 2.75) is 496 Å². The lowest BCUT2D eigenvalue weighted by Crippen LogP contribution is -2.30. The number of rotatable bonds is 88. The largest absolute Gasteiger partial charge is 0.472 e. The van der Waals surface area contributed by atoms with Gasteiger partial charge in [-0.05, 0) is 37.5 Å². The van der Waals surface area contributed by atoms with E-state index in [4.69, 9.17) is 37.0 Å². The highest BCUT2D eigenvalue weighted by Gasteiger charge is 2.31. The van der Waals surface area contributed by atoms with Gasteiger partial charge in [0.15, 0.2) is 12.2 Å². The Bertz CT molecular complexity index is 2070. The zero-order chi connectivity index (χ0) is 79.2. The van der Waals surface area contributed by atoms with Crippen LogP contribution in [0.2, 0.25) is 0 Å². The van der Waals surface area contributed by atoms with Crippen molar-refractivity contribution >= 4 is 39.5 Å². The highest BCUT2D eigenvalue weighted by Crippen LogP contribution is 2.45. The molecule has 0 saturated carbocycles. The topological polar surface area (TPSA) is 237 Å². The Morgan fingerprint density at radius 3 is 0.704 bits per heavy atom. The van der Waals surface area contributed by atoms with Crippen LogP contribution in [0.3, 0.4) is 0 Å². The van der Waals surface area contributed by atoms with E-state index in [9.17, 15) is 43.2 Å². The monoisotopic (exact) mass is 1580 g/mol. The summed E-state index contributed by atoms with van der Waals surface area (Å²) in [5.41, 5.74) is 0. The third kappa shape index (κ3) is 80.7. The fourth-order valence-corrected chi connectivity index (χ4v) is 15.5. The molecule has 0 fully saturated rings. The smallest absolute Gasteiger partial charge is 0.462 e. The molecule has 0 rings (SSSR count). The van der Waals surface area contributed by atoms with E-state index in [2.05, 4.69) is 41.5 Å². The van der Waals surface area contributed by atoms with Gasteiger partial charge in [-0.2, -0.15) is 0 Å². The standard InChI is InChI=1S/C89H174O17P2/c1-7-10-12-14-16-18-20-22-24-26-27-28-32-36-39-43-47-53-59-65-71-86(91)99-77-84(105-88(93)73-68-62-55-49-45-41-37-33-30-29-31-34-38-42-46-52-58-64-70-82(6)9-3)79-103-107(95,96)101-75-83(90)76-102-108(97,98)104-80-85(78-100-87(92)72-66-60-56-50-51-57-63-69-81(4)5)106-89(94)74-67-61-54-48-44-40-35-25-23-21-19-17-15-13-11-8-2/h81-85,90H,7-80H2,1-6H3,(H,95,96)(H,97,98)/t82?,83-,84-,85-/m1/s1. The van der Waals surface area contributed by atoms with E-state index < -0.39 is 97.5 Å². The molecule has 0 aromatic heterocycles. The van der Waals surface area contributed by atoms with Gasteiger partial charge in [-0.1, -0.05) is 427 Å². The summed E-state index contributed by atoms with van der Waals surface area (Å²) < 4.78 is 69.0. The highest BCUT2D eigenvalue weighted by atomic mass is 31.2. The quantitative estimate of drug-likeness (QED) is 0.0222. The Labute approximate surface area is 664 Å². The Morgan fingerprint density at radius 1 is 0.269 bits per heavy atom. The summed E-state index contributed by atoms with van der Waals surface area (Å²) in [7, 11) is -9.93. The fourth-order valence-electron chi connectivity index (χ4n) is 13.9. The maximum Gasteiger partial charge on any atom is 0.472 e. The predicted molar refractivity (Wildman–Crippen MR) is 446 cm³/mol. The SMILES string of the molecule is CCCCCCCCCCCCCCCCCCCCCCC(=O)OC[C@H](COP(=O)(O)OC[C@@H](O)COP(=O)(O)OC[C@@H](COC(=O)CCCCCCCCCC(C)C)OC(=O)CCCCCCCCCCCCCCCCCC)OC(=O)CCCCCCCCCCCCCCCCCCCCC(C)CC. The maximum atomic E-state index is 13.2. The van der Waals surface area contributed by atoms with E-state index in [1.807, 2.05) is 0 Å². The zero-order valence-corrected chi connectivity index (χ0v) is 73.0. The normalized spacial score (nSPS) is 14.0. The predicted octanol–water partition coefficient (Wildman–Crippen LogP) is 27.4. The number of hydrogen-bond acceptors (Lipinski definition) is 15. The second-order valence-electron chi connectivity index (χ2n) is 32.7. The van der Waals surface area contributed by atoms with Crippen LogP contribution in [0.5, 0.6) is 0 Å². The molecule has 6 atom stereocenters. The van der Waals surface area contributed by atoms with Gasteiger partial charge in [-0.25, -0.2) is 9.13 Å². The van der Waals surface area contributed by atoms with Crippen LogP contribution in [0.25, 0.3) is 0 Å². The summed E-state index contributed by atoms with van der Waals surface area (Å²) >= 11 is 0. The van der Waals surface area contributed by atoms with Crippen LogP contribution in [0, 0.1) is 11.8 Å². The minimum atomic E-state index is -4.97. The molecule has 3 unspecified atom stereocenters. The van der Waals surface area contributed by atoms with E-state index in [0.717, 1.165) is 102 Å². The van der Waals surface area contributed by atoms with E-state index in [1.165, 1.54) is 289 Å². The molecular formula is C89H174O17P2. The first-order chi connectivity index (χ1) is 52.4. The number of hydrogen-bond donors (Lipinski definition) is 3. The summed E-state index contributed by atoms with van der Waals surface area (Å²) in [6, 6.07) is 0. The first-order valence-corrected chi connectivity index (χ1v) is 49.0. The summed E-state index contributed by atoms with van der Waals surface area (Å²) in [6.07, 6.45) is 73.8. The van der Waals surface area contributed by atoms with Crippen LogP contribution >= 0.6 is 15.6 Å². The molecular weight excluding hydrogens is 1400 g/mol. The minimum absolute atomic E-state index is 0.108. The second kappa shape index (κ2) is 80.3. The van der Waals surface area contributed by atoms with Gasteiger partial charge in [0.05, 0.1) is 26.4 Å². The van der Waals surface area contributed by atoms with Gasteiger partial charge < -0.3 is 33.8 Å². The van der Waals surface area contributed by atoms with Crippen molar-refractivity contribution < 1.29 is 80.2 Å². The average molecular weight is 1580 g/mol. The van der Waals surface area contributed by atoms with Crippen molar-refractivity contribution in [3.63, 3.8) is 0 Å². The van der Waals surface area contributed by atoms with E-state index in [-0.39, 0.29) is 25.7 Å². The number of carbonyl (C=O) groups excluding carboxylic acids is 4. The van der Waals surface area contributed by atoms with Crippen molar-refractivity contribution in [1.29, 1.82) is 0 Å². The molecule has 0 aliphatic rings. The zero-order valence-electron chi connectivity index (χ0n) is 71.2. The van der Waals surface area contributed by atoms with Crippen molar-refractivity contribution in [3.8, 4) is 0 Å². The number of phosphoric acid groups is 2. The number of phosphoric ester groups is 2. The third-order valence-corrected chi connectivity index (χ3v) is 23.2. The lowest BCUT2D eigenvalue weighted by atomic mass is 9.99. The van der Waals surface area contributed by atoms with Crippen LogP contribution in [0.1, 0.15) is 478 Å². The van der Waals surface area contributed by atoms with E-state index >= 15 is 0 Å². The molecule has 0 radical (unpaired) electrons.